The van der Waals surface area contributed by atoms with Gasteiger partial charge in [0, 0.05) is 0 Å². The Morgan fingerprint density at radius 2 is 1.89 bits per heavy atom. The van der Waals surface area contributed by atoms with E-state index in [1.54, 1.807) is 0 Å². The van der Waals surface area contributed by atoms with Crippen LogP contribution in [0.2, 0.25) is 0 Å². The predicted molar refractivity (Wildman–Crippen MR) is 39.2 cm³/mol. The summed E-state index contributed by atoms with van der Waals surface area (Å²) in [6.45, 7) is 2.23. The third kappa shape index (κ3) is 1.93. The molecule has 0 N–H and O–H groups in total. The molecule has 0 heterocycles. The van der Waals surface area contributed by atoms with E-state index in [1.807, 2.05) is 0 Å². The average molecular weight is 120 g/mol. The third-order valence-corrected chi connectivity index (χ3v) is 1.77. The lowest BCUT2D eigenvalue weighted by molar-refractivity contribution is 0.526. The molecule has 1 aliphatic carbocycles. The standard InChI is InChI=1S/C9H12/c1-2-9-7-5-3-4-6-8-9/h5-6,9H,2,7-8H2,1H3. The average Bonchev–Trinajstić information content (AvgIpc) is 2.13. The van der Waals surface area contributed by atoms with Crippen LogP contribution in [0, 0.1) is 5.92 Å². The number of rotatable bonds is 1. The Balaban J connectivity index is 2.54. The second-order valence-electron chi connectivity index (χ2n) is 2.44. The van der Waals surface area contributed by atoms with Crippen LogP contribution < -0.4 is 0 Å². The van der Waals surface area contributed by atoms with E-state index in [1.165, 1.54) is 19.3 Å². The number of hydrogen-bond donors (Lipinski definition) is 0. The minimum Gasteiger partial charge on any atom is -0.0750 e. The van der Waals surface area contributed by atoms with Gasteiger partial charge in [0.05, 0.1) is 0 Å². The molecule has 0 heteroatoms. The molecule has 1 rings (SSSR count). The molecule has 0 bridgehead atoms. The van der Waals surface area contributed by atoms with Gasteiger partial charge in [-0.3, -0.25) is 0 Å². The van der Waals surface area contributed by atoms with E-state index in [2.05, 4.69) is 30.5 Å². The lowest BCUT2D eigenvalue weighted by Crippen LogP contribution is -1.92. The van der Waals surface area contributed by atoms with E-state index < -0.39 is 0 Å². The quantitative estimate of drug-likeness (QED) is 0.467. The molecule has 0 radical (unpaired) electrons. The maximum atomic E-state index is 2.98. The predicted octanol–water partition coefficient (Wildman–Crippen LogP) is 2.67. The SMILES string of the molecule is CCC1CC=C=C=CC1. The van der Waals surface area contributed by atoms with Crippen LogP contribution in [0.4, 0.5) is 0 Å². The van der Waals surface area contributed by atoms with Gasteiger partial charge in [0.25, 0.3) is 0 Å². The molecule has 0 aromatic heterocycles. The summed E-state index contributed by atoms with van der Waals surface area (Å²) < 4.78 is 0. The van der Waals surface area contributed by atoms with Crippen LogP contribution in [0.3, 0.4) is 0 Å². The third-order valence-electron chi connectivity index (χ3n) is 1.77. The van der Waals surface area contributed by atoms with Crippen molar-refractivity contribution in [2.24, 2.45) is 5.92 Å². The molecule has 9 heavy (non-hydrogen) atoms. The van der Waals surface area contributed by atoms with Gasteiger partial charge in [0.2, 0.25) is 0 Å². The zero-order valence-electron chi connectivity index (χ0n) is 5.85. The zero-order valence-corrected chi connectivity index (χ0v) is 5.85. The van der Waals surface area contributed by atoms with E-state index in [0.29, 0.717) is 0 Å². The highest BCUT2D eigenvalue weighted by atomic mass is 14.1. The normalized spacial score (nSPS) is 18.3. The highest BCUT2D eigenvalue weighted by molar-refractivity contribution is 4.93. The second kappa shape index (κ2) is 3.35. The molecule has 0 saturated heterocycles. The van der Waals surface area contributed by atoms with Crippen molar-refractivity contribution in [1.82, 2.24) is 0 Å². The van der Waals surface area contributed by atoms with Gasteiger partial charge in [0.1, 0.15) is 0 Å². The molecule has 48 valence electrons. The summed E-state index contributed by atoms with van der Waals surface area (Å²) in [5.74, 6) is 0.840. The Labute approximate surface area is 56.6 Å². The lowest BCUT2D eigenvalue weighted by atomic mass is 10.00. The van der Waals surface area contributed by atoms with Crippen molar-refractivity contribution in [3.8, 4) is 0 Å². The molecule has 0 aromatic rings. The van der Waals surface area contributed by atoms with Crippen molar-refractivity contribution in [2.45, 2.75) is 26.2 Å². The maximum absolute atomic E-state index is 2.98. The summed E-state index contributed by atoms with van der Waals surface area (Å²) in [5.41, 5.74) is 5.96. The van der Waals surface area contributed by atoms with Gasteiger partial charge in [-0.25, -0.2) is 0 Å². The van der Waals surface area contributed by atoms with E-state index in [0.717, 1.165) is 5.92 Å². The Bertz CT molecular complexity index is 146. The van der Waals surface area contributed by atoms with Crippen LogP contribution in [0.25, 0.3) is 0 Å². The summed E-state index contributed by atoms with van der Waals surface area (Å²) in [6.07, 6.45) is 7.80. The monoisotopic (exact) mass is 120 g/mol. The fraction of sp³-hybridized carbons (Fsp3) is 0.556. The van der Waals surface area contributed by atoms with E-state index in [4.69, 9.17) is 0 Å². The Morgan fingerprint density at radius 1 is 1.33 bits per heavy atom. The van der Waals surface area contributed by atoms with Crippen molar-refractivity contribution in [1.29, 1.82) is 0 Å². The van der Waals surface area contributed by atoms with E-state index in [9.17, 15) is 0 Å². The van der Waals surface area contributed by atoms with Gasteiger partial charge in [0.15, 0.2) is 0 Å². The van der Waals surface area contributed by atoms with Crippen molar-refractivity contribution in [3.05, 3.63) is 23.6 Å². The Hall–Kier alpha value is -0.700. The molecule has 1 aliphatic rings. The lowest BCUT2D eigenvalue weighted by Gasteiger charge is -2.05. The van der Waals surface area contributed by atoms with Crippen molar-refractivity contribution >= 4 is 0 Å². The molecule has 0 fully saturated rings. The van der Waals surface area contributed by atoms with Gasteiger partial charge in [-0.1, -0.05) is 24.8 Å². The fourth-order valence-corrected chi connectivity index (χ4v) is 0.999. The van der Waals surface area contributed by atoms with Crippen molar-refractivity contribution in [2.75, 3.05) is 0 Å². The first-order chi connectivity index (χ1) is 4.43. The van der Waals surface area contributed by atoms with Crippen LogP contribution in [0.1, 0.15) is 26.2 Å². The van der Waals surface area contributed by atoms with Crippen LogP contribution in [0.15, 0.2) is 23.6 Å². The molecule has 0 amide bonds. The number of allylic oxidation sites excluding steroid dienone is 2. The van der Waals surface area contributed by atoms with Gasteiger partial charge < -0.3 is 0 Å². The Kier molecular flexibility index (Phi) is 2.39. The maximum Gasteiger partial charge on any atom is -0.0236 e. The Morgan fingerprint density at radius 3 is 2.33 bits per heavy atom. The summed E-state index contributed by atoms with van der Waals surface area (Å²) in [7, 11) is 0. The topological polar surface area (TPSA) is 0 Å². The van der Waals surface area contributed by atoms with E-state index >= 15 is 0 Å². The van der Waals surface area contributed by atoms with Crippen molar-refractivity contribution < 1.29 is 0 Å². The van der Waals surface area contributed by atoms with Gasteiger partial charge in [-0.2, -0.15) is 0 Å². The first-order valence-corrected chi connectivity index (χ1v) is 3.58. The van der Waals surface area contributed by atoms with E-state index in [-0.39, 0.29) is 0 Å². The molecule has 0 spiro atoms. The van der Waals surface area contributed by atoms with Crippen LogP contribution >= 0.6 is 0 Å². The van der Waals surface area contributed by atoms with Gasteiger partial charge >= 0.3 is 0 Å². The smallest absolute Gasteiger partial charge is 0.0236 e. The van der Waals surface area contributed by atoms with Gasteiger partial charge in [-0.15, -0.1) is 0 Å². The molecule has 0 aromatic carbocycles. The zero-order chi connectivity index (χ0) is 6.53. The molecule has 0 aliphatic heterocycles. The molecule has 0 saturated carbocycles. The van der Waals surface area contributed by atoms with Crippen LogP contribution in [-0.2, 0) is 0 Å². The van der Waals surface area contributed by atoms with Gasteiger partial charge in [-0.05, 0) is 30.9 Å². The fourth-order valence-electron chi connectivity index (χ4n) is 0.999. The molecular formula is C9H12. The number of hydrogen-bond acceptors (Lipinski definition) is 0. The molecular weight excluding hydrogens is 108 g/mol. The van der Waals surface area contributed by atoms with Crippen molar-refractivity contribution in [3.63, 3.8) is 0 Å². The highest BCUT2D eigenvalue weighted by Gasteiger charge is 2.01. The summed E-state index contributed by atoms with van der Waals surface area (Å²) in [4.78, 5) is 0. The summed E-state index contributed by atoms with van der Waals surface area (Å²) >= 11 is 0. The highest BCUT2D eigenvalue weighted by Crippen LogP contribution is 2.14. The van der Waals surface area contributed by atoms with Crippen LogP contribution in [-0.4, -0.2) is 0 Å². The summed E-state index contributed by atoms with van der Waals surface area (Å²) in [6, 6.07) is 0. The minimum atomic E-state index is 0.840. The van der Waals surface area contributed by atoms with Crippen LogP contribution in [0.5, 0.6) is 0 Å². The first-order valence-electron chi connectivity index (χ1n) is 3.58. The summed E-state index contributed by atoms with van der Waals surface area (Å²) in [5, 5.41) is 0. The molecule has 0 nitrogen and oxygen atoms in total. The minimum absolute atomic E-state index is 0.840. The molecule has 0 atom stereocenters. The molecule has 0 unspecified atom stereocenters. The largest absolute Gasteiger partial charge is 0.0750 e. The first kappa shape index (κ1) is 6.42. The second-order valence-corrected chi connectivity index (χ2v) is 2.44.